The molecule has 3 rings (SSSR count). The molecule has 2 heterocycles. The van der Waals surface area contributed by atoms with Crippen LogP contribution in [-0.4, -0.2) is 19.7 Å². The highest BCUT2D eigenvalue weighted by molar-refractivity contribution is 7.97. The van der Waals surface area contributed by atoms with Crippen molar-refractivity contribution in [2.75, 3.05) is 5.43 Å². The minimum absolute atomic E-state index is 0.614. The zero-order valence-corrected chi connectivity index (χ0v) is 12.5. The van der Waals surface area contributed by atoms with E-state index in [0.717, 1.165) is 28.4 Å². The van der Waals surface area contributed by atoms with Gasteiger partial charge < -0.3 is 5.43 Å². The van der Waals surface area contributed by atoms with Gasteiger partial charge in [0.25, 0.3) is 0 Å². The third-order valence-electron chi connectivity index (χ3n) is 3.12. The van der Waals surface area contributed by atoms with E-state index in [4.69, 9.17) is 5.84 Å². The summed E-state index contributed by atoms with van der Waals surface area (Å²) < 4.78 is 1.73. The van der Waals surface area contributed by atoms with Gasteiger partial charge in [0, 0.05) is 12.8 Å². The Hall–Kier alpha value is -2.12. The molecular weight excluding hydrogens is 284 g/mol. The Morgan fingerprint density at radius 2 is 2.00 bits per heavy atom. The third-order valence-corrected chi connectivity index (χ3v) is 4.12. The number of thioether (sulfide) groups is 1. The molecule has 6 nitrogen and oxygen atoms in total. The molecule has 3 aromatic rings. The molecule has 0 aliphatic rings. The molecule has 3 N–H and O–H groups in total. The lowest BCUT2D eigenvalue weighted by Gasteiger charge is -2.06. The van der Waals surface area contributed by atoms with Crippen molar-refractivity contribution in [3.8, 4) is 0 Å². The summed E-state index contributed by atoms with van der Waals surface area (Å²) >= 11 is 1.77. The van der Waals surface area contributed by atoms with E-state index in [1.807, 2.05) is 25.2 Å². The fraction of sp³-hybridized carbons (Fsp3) is 0.214. The molecule has 7 heteroatoms. The van der Waals surface area contributed by atoms with Crippen LogP contribution >= 0.6 is 11.8 Å². The van der Waals surface area contributed by atoms with Crippen LogP contribution in [0.15, 0.2) is 36.5 Å². The topological polar surface area (TPSA) is 81.7 Å². The number of aromatic nitrogens is 4. The predicted octanol–water partition coefficient (Wildman–Crippen LogP) is 2.08. The molecule has 2 aromatic heterocycles. The van der Waals surface area contributed by atoms with Gasteiger partial charge in [-0.2, -0.15) is 5.10 Å². The summed E-state index contributed by atoms with van der Waals surface area (Å²) in [6.45, 7) is 0. The van der Waals surface area contributed by atoms with Gasteiger partial charge in [-0.25, -0.2) is 15.8 Å². The van der Waals surface area contributed by atoms with E-state index in [0.29, 0.717) is 5.82 Å². The molecule has 0 aliphatic heterocycles. The third kappa shape index (κ3) is 2.98. The average Bonchev–Trinajstić information content (AvgIpc) is 2.89. The zero-order chi connectivity index (χ0) is 14.7. The summed E-state index contributed by atoms with van der Waals surface area (Å²) in [7, 11) is 1.86. The first-order valence-electron chi connectivity index (χ1n) is 6.55. The van der Waals surface area contributed by atoms with Crippen LogP contribution in [0.4, 0.5) is 5.82 Å². The smallest absolute Gasteiger partial charge is 0.163 e. The second kappa shape index (κ2) is 6.11. The number of aryl methyl sites for hydroxylation is 1. The predicted molar refractivity (Wildman–Crippen MR) is 85.6 cm³/mol. The van der Waals surface area contributed by atoms with Crippen LogP contribution in [-0.2, 0) is 18.6 Å². The van der Waals surface area contributed by atoms with Crippen molar-refractivity contribution in [2.45, 2.75) is 11.5 Å². The van der Waals surface area contributed by atoms with E-state index in [2.05, 4.69) is 32.6 Å². The van der Waals surface area contributed by atoms with Crippen LogP contribution in [0.3, 0.4) is 0 Å². The van der Waals surface area contributed by atoms with Gasteiger partial charge in [0.05, 0.1) is 17.3 Å². The molecule has 0 spiro atoms. The molecular formula is C14H16N6S. The van der Waals surface area contributed by atoms with E-state index in [1.165, 1.54) is 5.56 Å². The molecule has 0 saturated carbocycles. The maximum atomic E-state index is 5.53. The summed E-state index contributed by atoms with van der Waals surface area (Å²) in [6, 6.07) is 10.3. The van der Waals surface area contributed by atoms with E-state index in [1.54, 1.807) is 22.6 Å². The van der Waals surface area contributed by atoms with Crippen molar-refractivity contribution in [2.24, 2.45) is 12.9 Å². The van der Waals surface area contributed by atoms with Crippen LogP contribution in [0.25, 0.3) is 11.0 Å². The molecule has 0 amide bonds. The van der Waals surface area contributed by atoms with Crippen LogP contribution in [0, 0.1) is 0 Å². The SMILES string of the molecule is Cn1ncc2c(NN)nc(CSCc3ccccc3)nc21. The Balaban J connectivity index is 1.76. The van der Waals surface area contributed by atoms with Gasteiger partial charge in [0.15, 0.2) is 11.5 Å². The van der Waals surface area contributed by atoms with Gasteiger partial charge in [0.2, 0.25) is 0 Å². The lowest BCUT2D eigenvalue weighted by molar-refractivity contribution is 0.782. The van der Waals surface area contributed by atoms with Crippen molar-refractivity contribution < 1.29 is 0 Å². The highest BCUT2D eigenvalue weighted by Gasteiger charge is 2.10. The molecule has 0 saturated heterocycles. The summed E-state index contributed by atoms with van der Waals surface area (Å²) in [5.41, 5.74) is 4.70. The fourth-order valence-electron chi connectivity index (χ4n) is 2.08. The largest absolute Gasteiger partial charge is 0.308 e. The van der Waals surface area contributed by atoms with E-state index < -0.39 is 0 Å². The number of nitrogens with zero attached hydrogens (tertiary/aromatic N) is 4. The quantitative estimate of drug-likeness (QED) is 0.554. The minimum Gasteiger partial charge on any atom is -0.308 e. The lowest BCUT2D eigenvalue weighted by atomic mass is 10.2. The number of benzene rings is 1. The molecule has 0 fully saturated rings. The fourth-order valence-corrected chi connectivity index (χ4v) is 2.92. The van der Waals surface area contributed by atoms with Crippen molar-refractivity contribution in [3.05, 3.63) is 47.9 Å². The molecule has 0 unspecified atom stereocenters. The number of hydrogen-bond acceptors (Lipinski definition) is 6. The Morgan fingerprint density at radius 3 is 2.76 bits per heavy atom. The summed E-state index contributed by atoms with van der Waals surface area (Å²) in [5.74, 6) is 8.55. The van der Waals surface area contributed by atoms with Crippen LogP contribution in [0.5, 0.6) is 0 Å². The monoisotopic (exact) mass is 300 g/mol. The zero-order valence-electron chi connectivity index (χ0n) is 11.7. The molecule has 0 bridgehead atoms. The lowest BCUT2D eigenvalue weighted by Crippen LogP contribution is -2.11. The van der Waals surface area contributed by atoms with Crippen LogP contribution in [0.2, 0.25) is 0 Å². The van der Waals surface area contributed by atoms with Crippen molar-refractivity contribution in [1.82, 2.24) is 19.7 Å². The maximum absolute atomic E-state index is 5.53. The minimum atomic E-state index is 0.614. The molecule has 0 atom stereocenters. The van der Waals surface area contributed by atoms with Crippen molar-refractivity contribution in [1.29, 1.82) is 0 Å². The first kappa shape index (κ1) is 13.8. The van der Waals surface area contributed by atoms with Crippen LogP contribution < -0.4 is 11.3 Å². The number of nitrogen functional groups attached to an aromatic ring is 1. The summed E-state index contributed by atoms with van der Waals surface area (Å²) in [4.78, 5) is 8.99. The first-order chi connectivity index (χ1) is 10.3. The number of fused-ring (bicyclic) bond motifs is 1. The van der Waals surface area contributed by atoms with Gasteiger partial charge in [-0.3, -0.25) is 4.68 Å². The Kier molecular flexibility index (Phi) is 4.03. The molecule has 0 radical (unpaired) electrons. The molecule has 108 valence electrons. The van der Waals surface area contributed by atoms with Crippen molar-refractivity contribution in [3.63, 3.8) is 0 Å². The highest BCUT2D eigenvalue weighted by Crippen LogP contribution is 2.21. The van der Waals surface area contributed by atoms with E-state index in [-0.39, 0.29) is 0 Å². The average molecular weight is 300 g/mol. The molecule has 0 aliphatic carbocycles. The van der Waals surface area contributed by atoms with Gasteiger partial charge >= 0.3 is 0 Å². The highest BCUT2D eigenvalue weighted by atomic mass is 32.2. The van der Waals surface area contributed by atoms with Crippen LogP contribution in [0.1, 0.15) is 11.4 Å². The molecule has 21 heavy (non-hydrogen) atoms. The normalized spacial score (nSPS) is 11.0. The summed E-state index contributed by atoms with van der Waals surface area (Å²) in [6.07, 6.45) is 1.71. The number of nitrogens with two attached hydrogens (primary N) is 1. The second-order valence-corrected chi connectivity index (χ2v) is 5.60. The van der Waals surface area contributed by atoms with Crippen molar-refractivity contribution >= 4 is 28.6 Å². The second-order valence-electron chi connectivity index (χ2n) is 4.62. The van der Waals surface area contributed by atoms with Gasteiger partial charge in [-0.15, -0.1) is 11.8 Å². The van der Waals surface area contributed by atoms with Gasteiger partial charge in [-0.05, 0) is 5.56 Å². The van der Waals surface area contributed by atoms with E-state index >= 15 is 0 Å². The van der Waals surface area contributed by atoms with E-state index in [9.17, 15) is 0 Å². The van der Waals surface area contributed by atoms with Gasteiger partial charge in [-0.1, -0.05) is 30.3 Å². The number of hydrogen-bond donors (Lipinski definition) is 2. The summed E-state index contributed by atoms with van der Waals surface area (Å²) in [5, 5.41) is 5.02. The number of nitrogens with one attached hydrogen (secondary N) is 1. The Labute approximate surface area is 126 Å². The Morgan fingerprint density at radius 1 is 1.19 bits per heavy atom. The standard InChI is InChI=1S/C14H16N6S/c1-20-14-11(7-16-20)13(19-15)17-12(18-14)9-21-8-10-5-3-2-4-6-10/h2-7H,8-9,15H2,1H3,(H,17,18,19). The Bertz CT molecular complexity index is 740. The molecule has 1 aromatic carbocycles. The number of anilines is 1. The number of hydrazine groups is 1. The maximum Gasteiger partial charge on any atom is 0.163 e. The van der Waals surface area contributed by atoms with Gasteiger partial charge in [0.1, 0.15) is 5.82 Å². The number of rotatable bonds is 5. The first-order valence-corrected chi connectivity index (χ1v) is 7.70.